The van der Waals surface area contributed by atoms with Gasteiger partial charge in [0.1, 0.15) is 5.82 Å². The molecule has 2 amide bonds. The van der Waals surface area contributed by atoms with Crippen LogP contribution in [-0.2, 0) is 0 Å². The first kappa shape index (κ1) is 17.3. The van der Waals surface area contributed by atoms with Crippen LogP contribution in [0.1, 0.15) is 40.1 Å². The Kier molecular flexibility index (Phi) is 5.78. The standard InChI is InChI=1S/C18H18FN3O2/c1-12(2)21-17(23)15-5-3-4-6-16(15)18(24)22-20-11-13-7-9-14(19)10-8-13/h3-12H,1-2H3,(H,21,23)(H,22,24)/b20-11+. The Bertz CT molecular complexity index is 755. The van der Waals surface area contributed by atoms with Crippen molar-refractivity contribution in [2.45, 2.75) is 19.9 Å². The summed E-state index contributed by atoms with van der Waals surface area (Å²) < 4.78 is 12.8. The minimum atomic E-state index is -0.497. The molecule has 0 atom stereocenters. The van der Waals surface area contributed by atoms with Gasteiger partial charge in [-0.2, -0.15) is 5.10 Å². The zero-order valence-corrected chi connectivity index (χ0v) is 13.4. The highest BCUT2D eigenvalue weighted by atomic mass is 19.1. The van der Waals surface area contributed by atoms with Gasteiger partial charge >= 0.3 is 0 Å². The van der Waals surface area contributed by atoms with Gasteiger partial charge in [0.2, 0.25) is 0 Å². The van der Waals surface area contributed by atoms with E-state index in [1.807, 2.05) is 13.8 Å². The second kappa shape index (κ2) is 8.01. The third-order valence-corrected chi connectivity index (χ3v) is 3.09. The monoisotopic (exact) mass is 327 g/mol. The maximum absolute atomic E-state index is 12.8. The Balaban J connectivity index is 2.09. The lowest BCUT2D eigenvalue weighted by Crippen LogP contribution is -2.32. The van der Waals surface area contributed by atoms with Gasteiger partial charge in [-0.3, -0.25) is 9.59 Å². The smallest absolute Gasteiger partial charge is 0.272 e. The Labute approximate surface area is 139 Å². The molecule has 24 heavy (non-hydrogen) atoms. The van der Waals surface area contributed by atoms with Crippen LogP contribution in [-0.4, -0.2) is 24.1 Å². The summed E-state index contributed by atoms with van der Waals surface area (Å²) in [7, 11) is 0. The number of nitrogens with zero attached hydrogens (tertiary/aromatic N) is 1. The van der Waals surface area contributed by atoms with Crippen molar-refractivity contribution in [3.8, 4) is 0 Å². The molecule has 0 heterocycles. The number of hydrogen-bond donors (Lipinski definition) is 2. The van der Waals surface area contributed by atoms with Crippen LogP contribution in [0.2, 0.25) is 0 Å². The number of hydrazone groups is 1. The first-order valence-corrected chi connectivity index (χ1v) is 7.46. The second-order valence-corrected chi connectivity index (χ2v) is 5.42. The fraction of sp³-hybridized carbons (Fsp3) is 0.167. The number of nitrogens with one attached hydrogen (secondary N) is 2. The molecule has 2 N–H and O–H groups in total. The van der Waals surface area contributed by atoms with E-state index >= 15 is 0 Å². The topological polar surface area (TPSA) is 70.6 Å². The molecule has 0 spiro atoms. The maximum Gasteiger partial charge on any atom is 0.272 e. The summed E-state index contributed by atoms with van der Waals surface area (Å²) in [5, 5.41) is 6.58. The average Bonchev–Trinajstić information content (AvgIpc) is 2.56. The largest absolute Gasteiger partial charge is 0.350 e. The van der Waals surface area contributed by atoms with Crippen molar-refractivity contribution in [2.75, 3.05) is 0 Å². The van der Waals surface area contributed by atoms with Crippen LogP contribution in [0.4, 0.5) is 4.39 Å². The van der Waals surface area contributed by atoms with Crippen molar-refractivity contribution in [3.05, 3.63) is 71.0 Å². The fourth-order valence-electron chi connectivity index (χ4n) is 1.99. The predicted octanol–water partition coefficient (Wildman–Crippen LogP) is 2.73. The molecule has 0 aliphatic rings. The molecule has 0 aliphatic heterocycles. The minimum Gasteiger partial charge on any atom is -0.350 e. The molecule has 0 saturated heterocycles. The van der Waals surface area contributed by atoms with Gasteiger partial charge in [0.15, 0.2) is 0 Å². The number of amides is 2. The van der Waals surface area contributed by atoms with Crippen LogP contribution in [0.25, 0.3) is 0 Å². The molecule has 2 rings (SSSR count). The molecule has 0 saturated carbocycles. The van der Waals surface area contributed by atoms with Crippen LogP contribution >= 0.6 is 0 Å². The van der Waals surface area contributed by atoms with Crippen LogP contribution in [0.3, 0.4) is 0 Å². The normalized spacial score (nSPS) is 10.8. The van der Waals surface area contributed by atoms with E-state index < -0.39 is 5.91 Å². The number of halogens is 1. The summed E-state index contributed by atoms with van der Waals surface area (Å²) in [6, 6.07) is 12.1. The molecule has 0 aliphatic carbocycles. The lowest BCUT2D eigenvalue weighted by Gasteiger charge is -2.11. The van der Waals surface area contributed by atoms with Crippen LogP contribution in [0.5, 0.6) is 0 Å². The first-order valence-electron chi connectivity index (χ1n) is 7.46. The molecular weight excluding hydrogens is 309 g/mol. The second-order valence-electron chi connectivity index (χ2n) is 5.42. The van der Waals surface area contributed by atoms with E-state index in [1.165, 1.54) is 30.5 Å². The molecule has 124 valence electrons. The van der Waals surface area contributed by atoms with Crippen molar-refractivity contribution in [3.63, 3.8) is 0 Å². The van der Waals surface area contributed by atoms with E-state index in [9.17, 15) is 14.0 Å². The minimum absolute atomic E-state index is 0.0369. The summed E-state index contributed by atoms with van der Waals surface area (Å²) in [6.07, 6.45) is 1.40. The van der Waals surface area contributed by atoms with E-state index in [2.05, 4.69) is 15.8 Å². The quantitative estimate of drug-likeness (QED) is 0.655. The zero-order valence-electron chi connectivity index (χ0n) is 13.4. The number of carbonyl (C=O) groups is 2. The maximum atomic E-state index is 12.8. The van der Waals surface area contributed by atoms with Gasteiger partial charge in [-0.05, 0) is 43.7 Å². The van der Waals surface area contributed by atoms with Crippen LogP contribution in [0.15, 0.2) is 53.6 Å². The Hall–Kier alpha value is -3.02. The Morgan fingerprint density at radius 2 is 1.58 bits per heavy atom. The van der Waals surface area contributed by atoms with E-state index in [1.54, 1.807) is 24.3 Å². The highest BCUT2D eigenvalue weighted by molar-refractivity contribution is 6.07. The van der Waals surface area contributed by atoms with Gasteiger partial charge in [0.05, 0.1) is 17.3 Å². The molecule has 0 bridgehead atoms. The zero-order chi connectivity index (χ0) is 17.5. The molecule has 0 aromatic heterocycles. The molecule has 2 aromatic rings. The molecule has 5 nitrogen and oxygen atoms in total. The number of hydrogen-bond acceptors (Lipinski definition) is 3. The summed E-state index contributed by atoms with van der Waals surface area (Å²) >= 11 is 0. The van der Waals surface area contributed by atoms with Crippen molar-refractivity contribution in [2.24, 2.45) is 5.10 Å². The molecule has 2 aromatic carbocycles. The molecule has 0 radical (unpaired) electrons. The van der Waals surface area contributed by atoms with E-state index in [4.69, 9.17) is 0 Å². The first-order chi connectivity index (χ1) is 11.5. The van der Waals surface area contributed by atoms with Gasteiger partial charge in [0, 0.05) is 6.04 Å². The number of carbonyl (C=O) groups excluding carboxylic acids is 2. The summed E-state index contributed by atoms with van der Waals surface area (Å²) in [5.41, 5.74) is 3.52. The van der Waals surface area contributed by atoms with E-state index in [-0.39, 0.29) is 28.9 Å². The van der Waals surface area contributed by atoms with Crippen molar-refractivity contribution < 1.29 is 14.0 Å². The Morgan fingerprint density at radius 3 is 2.17 bits per heavy atom. The highest BCUT2D eigenvalue weighted by Crippen LogP contribution is 2.09. The summed E-state index contributed by atoms with van der Waals surface area (Å²) in [4.78, 5) is 24.4. The van der Waals surface area contributed by atoms with Crippen LogP contribution in [0, 0.1) is 5.82 Å². The molecular formula is C18H18FN3O2. The predicted molar refractivity (Wildman–Crippen MR) is 90.5 cm³/mol. The molecule has 0 unspecified atom stereocenters. The van der Waals surface area contributed by atoms with Gasteiger partial charge in [0.25, 0.3) is 11.8 Å². The van der Waals surface area contributed by atoms with Gasteiger partial charge in [-0.25, -0.2) is 9.82 Å². The third-order valence-electron chi connectivity index (χ3n) is 3.09. The van der Waals surface area contributed by atoms with Gasteiger partial charge in [-0.1, -0.05) is 24.3 Å². The van der Waals surface area contributed by atoms with E-state index in [0.717, 1.165) is 0 Å². The number of rotatable bonds is 5. The Morgan fingerprint density at radius 1 is 1.00 bits per heavy atom. The fourth-order valence-corrected chi connectivity index (χ4v) is 1.99. The highest BCUT2D eigenvalue weighted by Gasteiger charge is 2.16. The van der Waals surface area contributed by atoms with Crippen LogP contribution < -0.4 is 10.7 Å². The number of benzene rings is 2. The summed E-state index contributed by atoms with van der Waals surface area (Å²) in [5.74, 6) is -1.16. The lowest BCUT2D eigenvalue weighted by atomic mass is 10.1. The lowest BCUT2D eigenvalue weighted by molar-refractivity contribution is 0.0914. The van der Waals surface area contributed by atoms with Gasteiger partial charge < -0.3 is 5.32 Å². The average molecular weight is 327 g/mol. The molecule has 0 fully saturated rings. The molecule has 6 heteroatoms. The SMILES string of the molecule is CC(C)NC(=O)c1ccccc1C(=O)N/N=C/c1ccc(F)cc1. The van der Waals surface area contributed by atoms with Crippen molar-refractivity contribution >= 4 is 18.0 Å². The van der Waals surface area contributed by atoms with Crippen molar-refractivity contribution in [1.82, 2.24) is 10.7 Å². The van der Waals surface area contributed by atoms with Gasteiger partial charge in [-0.15, -0.1) is 0 Å². The third kappa shape index (κ3) is 4.74. The van der Waals surface area contributed by atoms with Crippen molar-refractivity contribution in [1.29, 1.82) is 0 Å². The summed E-state index contributed by atoms with van der Waals surface area (Å²) in [6.45, 7) is 3.68. The van der Waals surface area contributed by atoms with E-state index in [0.29, 0.717) is 5.56 Å².